The van der Waals surface area contributed by atoms with Crippen molar-refractivity contribution in [1.29, 1.82) is 0 Å². The average molecular weight is 223 g/mol. The van der Waals surface area contributed by atoms with Gasteiger partial charge in [0.2, 0.25) is 0 Å². The van der Waals surface area contributed by atoms with Gasteiger partial charge >= 0.3 is 5.97 Å². The summed E-state index contributed by atoms with van der Waals surface area (Å²) >= 11 is 0. The van der Waals surface area contributed by atoms with Crippen molar-refractivity contribution in [3.63, 3.8) is 0 Å². The first-order valence-electron chi connectivity index (χ1n) is 4.46. The van der Waals surface area contributed by atoms with Gasteiger partial charge in [0, 0.05) is 5.75 Å². The molecule has 0 fully saturated rings. The number of carbonyl (C=O) groups excluding carboxylic acids is 1. The summed E-state index contributed by atoms with van der Waals surface area (Å²) in [5.74, 6) is -0.298. The molecule has 1 unspecified atom stereocenters. The van der Waals surface area contributed by atoms with Crippen LogP contribution in [0.2, 0.25) is 0 Å². The number of methoxy groups -OCH3 is 1. The van der Waals surface area contributed by atoms with Gasteiger partial charge in [-0.1, -0.05) is 6.92 Å². The Balaban J connectivity index is 3.81. The summed E-state index contributed by atoms with van der Waals surface area (Å²) in [6.45, 7) is 1.59. The van der Waals surface area contributed by atoms with Gasteiger partial charge in [0.1, 0.15) is 15.9 Å². The van der Waals surface area contributed by atoms with Crippen LogP contribution in [0.3, 0.4) is 0 Å². The summed E-state index contributed by atoms with van der Waals surface area (Å²) in [6.07, 6.45) is 0.734. The van der Waals surface area contributed by atoms with Crippen LogP contribution in [0.25, 0.3) is 0 Å². The highest BCUT2D eigenvalue weighted by atomic mass is 32.2. The number of sulfone groups is 1. The minimum Gasteiger partial charge on any atom is -0.468 e. The van der Waals surface area contributed by atoms with Crippen molar-refractivity contribution < 1.29 is 17.9 Å². The van der Waals surface area contributed by atoms with E-state index in [4.69, 9.17) is 5.73 Å². The minimum atomic E-state index is -2.96. The first kappa shape index (κ1) is 13.4. The second kappa shape index (κ2) is 5.98. The highest BCUT2D eigenvalue weighted by Gasteiger charge is 2.15. The molecule has 0 aromatic carbocycles. The summed E-state index contributed by atoms with van der Waals surface area (Å²) in [7, 11) is -1.70. The number of hydrogen-bond acceptors (Lipinski definition) is 5. The molecule has 0 saturated heterocycles. The Kier molecular flexibility index (Phi) is 5.71. The summed E-state index contributed by atoms with van der Waals surface area (Å²) in [4.78, 5) is 10.8. The summed E-state index contributed by atoms with van der Waals surface area (Å²) < 4.78 is 26.5. The number of carbonyl (C=O) groups is 1. The minimum absolute atomic E-state index is 0.0776. The Bertz CT molecular complexity index is 273. The first-order chi connectivity index (χ1) is 6.43. The average Bonchev–Trinajstić information content (AvgIpc) is 2.16. The van der Waals surface area contributed by atoms with E-state index in [0.29, 0.717) is 12.8 Å². The van der Waals surface area contributed by atoms with Crippen molar-refractivity contribution in [3.05, 3.63) is 0 Å². The monoisotopic (exact) mass is 223 g/mol. The van der Waals surface area contributed by atoms with Crippen LogP contribution in [0.1, 0.15) is 19.8 Å². The maximum absolute atomic E-state index is 11.1. The standard InChI is InChI=1S/C8H17NO4S/c1-3-14(11,12)6-4-5-7(9)8(10)13-2/h7H,3-6,9H2,1-2H3. The molecule has 5 nitrogen and oxygen atoms in total. The van der Waals surface area contributed by atoms with Crippen molar-refractivity contribution in [2.24, 2.45) is 5.73 Å². The lowest BCUT2D eigenvalue weighted by molar-refractivity contribution is -0.142. The Labute approximate surface area is 84.5 Å². The van der Waals surface area contributed by atoms with Crippen LogP contribution in [0, 0.1) is 0 Å². The molecule has 0 bridgehead atoms. The van der Waals surface area contributed by atoms with Crippen LogP contribution >= 0.6 is 0 Å². The number of nitrogens with two attached hydrogens (primary N) is 1. The highest BCUT2D eigenvalue weighted by molar-refractivity contribution is 7.91. The van der Waals surface area contributed by atoms with Gasteiger partial charge in [-0.15, -0.1) is 0 Å². The van der Waals surface area contributed by atoms with Gasteiger partial charge in [-0.05, 0) is 12.8 Å². The van der Waals surface area contributed by atoms with Crippen LogP contribution in [0.4, 0.5) is 0 Å². The van der Waals surface area contributed by atoms with E-state index < -0.39 is 21.8 Å². The molecule has 2 N–H and O–H groups in total. The largest absolute Gasteiger partial charge is 0.468 e. The van der Waals surface area contributed by atoms with E-state index in [2.05, 4.69) is 4.74 Å². The Morgan fingerprint density at radius 1 is 1.50 bits per heavy atom. The predicted molar refractivity (Wildman–Crippen MR) is 53.6 cm³/mol. The normalized spacial score (nSPS) is 13.6. The molecule has 0 radical (unpaired) electrons. The van der Waals surface area contributed by atoms with Crippen molar-refractivity contribution >= 4 is 15.8 Å². The summed E-state index contributed by atoms with van der Waals surface area (Å²) in [5, 5.41) is 0. The lowest BCUT2D eigenvalue weighted by atomic mass is 10.2. The molecule has 0 saturated carbocycles. The van der Waals surface area contributed by atoms with E-state index in [-0.39, 0.29) is 11.5 Å². The summed E-state index contributed by atoms with van der Waals surface area (Å²) in [5.41, 5.74) is 5.43. The molecule has 0 aliphatic carbocycles. The molecule has 0 heterocycles. The third-order valence-corrected chi connectivity index (χ3v) is 3.70. The Hall–Kier alpha value is -0.620. The van der Waals surface area contributed by atoms with Gasteiger partial charge < -0.3 is 10.5 Å². The zero-order chi connectivity index (χ0) is 11.2. The zero-order valence-corrected chi connectivity index (χ0v) is 9.34. The molecule has 6 heteroatoms. The number of hydrogen-bond donors (Lipinski definition) is 1. The van der Waals surface area contributed by atoms with Crippen molar-refractivity contribution in [1.82, 2.24) is 0 Å². The van der Waals surface area contributed by atoms with Crippen LogP contribution < -0.4 is 5.73 Å². The SMILES string of the molecule is CCS(=O)(=O)CCCC(N)C(=O)OC. The van der Waals surface area contributed by atoms with Crippen molar-refractivity contribution in [3.8, 4) is 0 Å². The van der Waals surface area contributed by atoms with E-state index in [1.165, 1.54) is 7.11 Å². The molecular formula is C8H17NO4S. The number of rotatable bonds is 6. The first-order valence-corrected chi connectivity index (χ1v) is 6.29. The topological polar surface area (TPSA) is 86.5 Å². The number of ether oxygens (including phenoxy) is 1. The van der Waals surface area contributed by atoms with Gasteiger partial charge in [-0.2, -0.15) is 0 Å². The lowest BCUT2D eigenvalue weighted by Crippen LogP contribution is -2.31. The van der Waals surface area contributed by atoms with Gasteiger partial charge in [-0.25, -0.2) is 8.42 Å². The second-order valence-corrected chi connectivity index (χ2v) is 5.48. The lowest BCUT2D eigenvalue weighted by Gasteiger charge is -2.08. The van der Waals surface area contributed by atoms with Gasteiger partial charge in [0.15, 0.2) is 0 Å². The fraction of sp³-hybridized carbons (Fsp3) is 0.875. The molecule has 0 spiro atoms. The van der Waals surface area contributed by atoms with Crippen molar-refractivity contribution in [2.45, 2.75) is 25.8 Å². The highest BCUT2D eigenvalue weighted by Crippen LogP contribution is 2.01. The predicted octanol–water partition coefficient (Wildman–Crippen LogP) is -0.298. The number of esters is 1. The fourth-order valence-corrected chi connectivity index (χ4v) is 1.83. The third-order valence-electron chi connectivity index (χ3n) is 1.91. The molecule has 84 valence electrons. The van der Waals surface area contributed by atoms with Crippen LogP contribution in [-0.2, 0) is 19.4 Å². The second-order valence-electron chi connectivity index (χ2n) is 3.01. The van der Waals surface area contributed by atoms with Crippen LogP contribution in [0.5, 0.6) is 0 Å². The maximum Gasteiger partial charge on any atom is 0.322 e. The smallest absolute Gasteiger partial charge is 0.322 e. The molecule has 14 heavy (non-hydrogen) atoms. The molecule has 0 aliphatic rings. The van der Waals surface area contributed by atoms with E-state index in [1.807, 2.05) is 0 Å². The Morgan fingerprint density at radius 3 is 2.50 bits per heavy atom. The summed E-state index contributed by atoms with van der Waals surface area (Å²) in [6, 6.07) is -0.716. The molecule has 0 aromatic rings. The maximum atomic E-state index is 11.1. The fourth-order valence-electron chi connectivity index (χ4n) is 0.937. The van der Waals surface area contributed by atoms with E-state index >= 15 is 0 Å². The van der Waals surface area contributed by atoms with Gasteiger partial charge in [0.05, 0.1) is 12.9 Å². The van der Waals surface area contributed by atoms with Gasteiger partial charge in [-0.3, -0.25) is 4.79 Å². The third kappa shape index (κ3) is 5.18. The van der Waals surface area contributed by atoms with Gasteiger partial charge in [0.25, 0.3) is 0 Å². The molecule has 1 atom stereocenters. The molecule has 0 rings (SSSR count). The molecule has 0 aromatic heterocycles. The molecule has 0 amide bonds. The van der Waals surface area contributed by atoms with Crippen molar-refractivity contribution in [2.75, 3.05) is 18.6 Å². The quantitative estimate of drug-likeness (QED) is 0.625. The van der Waals surface area contributed by atoms with E-state index in [0.717, 1.165) is 0 Å². The van der Waals surface area contributed by atoms with E-state index in [1.54, 1.807) is 6.92 Å². The molecular weight excluding hydrogens is 206 g/mol. The van der Waals surface area contributed by atoms with Crippen LogP contribution in [-0.4, -0.2) is 39.0 Å². The van der Waals surface area contributed by atoms with Crippen LogP contribution in [0.15, 0.2) is 0 Å². The van der Waals surface area contributed by atoms with E-state index in [9.17, 15) is 13.2 Å². The Morgan fingerprint density at radius 2 is 2.07 bits per heavy atom. The molecule has 0 aliphatic heterocycles. The zero-order valence-electron chi connectivity index (χ0n) is 8.52.